The fourth-order valence-electron chi connectivity index (χ4n) is 3.46. The smallest absolute Gasteiger partial charge is 0.230 e. The first kappa shape index (κ1) is 22.6. The van der Waals surface area contributed by atoms with Gasteiger partial charge in [0.2, 0.25) is 11.1 Å². The van der Waals surface area contributed by atoms with E-state index in [0.717, 1.165) is 29.9 Å². The Labute approximate surface area is 195 Å². The topological polar surface area (TPSA) is 91.2 Å². The Bertz CT molecular complexity index is 1020. The Kier molecular flexibility index (Phi) is 7.64. The van der Waals surface area contributed by atoms with Crippen molar-refractivity contribution in [2.75, 3.05) is 19.0 Å². The molecule has 0 radical (unpaired) electrons. The average Bonchev–Trinajstić information content (AvgIpc) is 3.41. The van der Waals surface area contributed by atoms with Crippen molar-refractivity contribution in [2.24, 2.45) is 5.92 Å². The quantitative estimate of drug-likeness (QED) is 0.473. The summed E-state index contributed by atoms with van der Waals surface area (Å²) >= 11 is 3.06. The van der Waals surface area contributed by atoms with E-state index < -0.39 is 0 Å². The van der Waals surface area contributed by atoms with Crippen molar-refractivity contribution in [3.05, 3.63) is 46.2 Å². The zero-order chi connectivity index (χ0) is 22.3. The second-order valence-electron chi connectivity index (χ2n) is 7.85. The molecular formula is C22H27N5O3S2. The van der Waals surface area contributed by atoms with Crippen molar-refractivity contribution in [2.45, 2.75) is 44.4 Å². The van der Waals surface area contributed by atoms with Crippen LogP contribution in [0, 0.1) is 5.92 Å². The maximum absolute atomic E-state index is 12.8. The molecule has 1 aliphatic heterocycles. The van der Waals surface area contributed by atoms with E-state index in [1.165, 1.54) is 16.6 Å². The molecule has 1 atom stereocenters. The molecule has 0 aliphatic carbocycles. The molecular weight excluding hydrogens is 446 g/mol. The summed E-state index contributed by atoms with van der Waals surface area (Å²) in [7, 11) is 0. The Balaban J connectivity index is 1.35. The number of rotatable bonds is 9. The first-order chi connectivity index (χ1) is 15.6. The van der Waals surface area contributed by atoms with Crippen molar-refractivity contribution in [1.29, 1.82) is 0 Å². The van der Waals surface area contributed by atoms with E-state index in [1.54, 1.807) is 16.0 Å². The maximum Gasteiger partial charge on any atom is 0.230 e. The van der Waals surface area contributed by atoms with Crippen LogP contribution in [-0.4, -0.2) is 45.1 Å². The van der Waals surface area contributed by atoms with Crippen molar-refractivity contribution >= 4 is 29.0 Å². The Morgan fingerprint density at radius 3 is 2.88 bits per heavy atom. The number of aryl methyl sites for hydroxylation is 2. The lowest BCUT2D eigenvalue weighted by Gasteiger charge is -2.23. The van der Waals surface area contributed by atoms with Crippen molar-refractivity contribution in [3.63, 3.8) is 0 Å². The number of hydrogen-bond acceptors (Lipinski definition) is 8. The third kappa shape index (κ3) is 5.80. The van der Waals surface area contributed by atoms with Gasteiger partial charge in [-0.2, -0.15) is 0 Å². The van der Waals surface area contributed by atoms with E-state index in [1.807, 2.05) is 24.3 Å². The molecule has 1 N–H and O–H groups in total. The first-order valence-corrected chi connectivity index (χ1v) is 12.6. The summed E-state index contributed by atoms with van der Waals surface area (Å²) < 4.78 is 13.3. The summed E-state index contributed by atoms with van der Waals surface area (Å²) in [6.45, 7) is 6.15. The number of aromatic nitrogens is 4. The predicted octanol–water partition coefficient (Wildman–Crippen LogP) is 3.74. The van der Waals surface area contributed by atoms with Crippen LogP contribution in [0.25, 0.3) is 0 Å². The largest absolute Gasteiger partial charge is 0.490 e. The maximum atomic E-state index is 12.8. The average molecular weight is 474 g/mol. The number of thioether (sulfide) groups is 1. The van der Waals surface area contributed by atoms with Gasteiger partial charge in [0.05, 0.1) is 31.6 Å². The number of carbonyl (C=O) groups is 1. The van der Waals surface area contributed by atoms with Crippen LogP contribution in [0.3, 0.4) is 0 Å². The van der Waals surface area contributed by atoms with E-state index in [0.29, 0.717) is 24.9 Å². The summed E-state index contributed by atoms with van der Waals surface area (Å²) in [4.78, 5) is 14.0. The summed E-state index contributed by atoms with van der Waals surface area (Å²) in [5.41, 5.74) is 1.00. The van der Waals surface area contributed by atoms with Gasteiger partial charge in [-0.3, -0.25) is 4.79 Å². The lowest BCUT2D eigenvalue weighted by Crippen LogP contribution is -2.33. The van der Waals surface area contributed by atoms with E-state index in [2.05, 4.69) is 46.1 Å². The summed E-state index contributed by atoms with van der Waals surface area (Å²) in [6, 6.07) is 9.90. The summed E-state index contributed by atoms with van der Waals surface area (Å²) in [6.07, 6.45) is 1.72. The molecule has 1 amide bonds. The van der Waals surface area contributed by atoms with Crippen LogP contribution in [0.5, 0.6) is 11.5 Å². The van der Waals surface area contributed by atoms with Crippen molar-refractivity contribution < 1.29 is 14.3 Å². The summed E-state index contributed by atoms with van der Waals surface area (Å²) in [5, 5.41) is 17.8. The second-order valence-corrected chi connectivity index (χ2v) is 9.82. The minimum absolute atomic E-state index is 0.0615. The molecule has 0 saturated heterocycles. The normalized spacial score (nSPS) is 14.2. The van der Waals surface area contributed by atoms with Gasteiger partial charge in [0.15, 0.2) is 11.5 Å². The summed E-state index contributed by atoms with van der Waals surface area (Å²) in [5.74, 6) is 1.88. The minimum Gasteiger partial charge on any atom is -0.490 e. The molecule has 1 unspecified atom stereocenters. The molecule has 3 heterocycles. The fraction of sp³-hybridized carbons (Fsp3) is 0.455. The van der Waals surface area contributed by atoms with Gasteiger partial charge in [-0.05, 0) is 45.5 Å². The second kappa shape index (κ2) is 10.8. The van der Waals surface area contributed by atoms with E-state index >= 15 is 0 Å². The van der Waals surface area contributed by atoms with Crippen LogP contribution in [0.2, 0.25) is 0 Å². The molecule has 8 nitrogen and oxygen atoms in total. The molecule has 1 aliphatic rings. The molecule has 32 heavy (non-hydrogen) atoms. The number of hydrogen-bond donors (Lipinski definition) is 1. The van der Waals surface area contributed by atoms with E-state index in [-0.39, 0.29) is 23.6 Å². The number of amides is 1. The van der Waals surface area contributed by atoms with Gasteiger partial charge in [-0.15, -0.1) is 16.4 Å². The van der Waals surface area contributed by atoms with E-state index in [9.17, 15) is 4.79 Å². The first-order valence-electron chi connectivity index (χ1n) is 10.7. The standard InChI is InChI=1S/C22H27N5O3S2/c1-15(2)21(16-6-7-18-19(13-16)30-11-4-10-29-18)23-20(28)14-32-22-24-25-26-27(22)9-8-17-5-3-12-31-17/h3,5-7,12-13,15,21H,4,8-11,14H2,1-2H3,(H,23,28). The SMILES string of the molecule is CC(C)C(NC(=O)CSc1nnnn1CCc1cccs1)c1ccc2c(c1)OCCCO2. The van der Waals surface area contributed by atoms with Crippen LogP contribution in [0.1, 0.15) is 36.8 Å². The molecule has 0 bridgehead atoms. The molecule has 4 rings (SSSR count). The van der Waals surface area contributed by atoms with Crippen LogP contribution < -0.4 is 14.8 Å². The molecule has 10 heteroatoms. The van der Waals surface area contributed by atoms with Crippen LogP contribution >= 0.6 is 23.1 Å². The lowest BCUT2D eigenvalue weighted by molar-refractivity contribution is -0.119. The molecule has 2 aromatic heterocycles. The van der Waals surface area contributed by atoms with Gasteiger partial charge >= 0.3 is 0 Å². The number of thiophene rings is 1. The Morgan fingerprint density at radius 2 is 2.09 bits per heavy atom. The van der Waals surface area contributed by atoms with Crippen LogP contribution in [0.4, 0.5) is 0 Å². The number of carbonyl (C=O) groups excluding carboxylic acids is 1. The highest BCUT2D eigenvalue weighted by Gasteiger charge is 2.21. The third-order valence-electron chi connectivity index (χ3n) is 5.10. The Morgan fingerprint density at radius 1 is 1.25 bits per heavy atom. The zero-order valence-electron chi connectivity index (χ0n) is 18.2. The Hall–Kier alpha value is -2.59. The fourth-order valence-corrected chi connectivity index (χ4v) is 4.88. The number of benzene rings is 1. The van der Waals surface area contributed by atoms with E-state index in [4.69, 9.17) is 9.47 Å². The van der Waals surface area contributed by atoms with Crippen LogP contribution in [0.15, 0.2) is 40.9 Å². The zero-order valence-corrected chi connectivity index (χ0v) is 19.8. The number of tetrazole rings is 1. The predicted molar refractivity (Wildman–Crippen MR) is 124 cm³/mol. The highest BCUT2D eigenvalue weighted by atomic mass is 32.2. The highest BCUT2D eigenvalue weighted by molar-refractivity contribution is 7.99. The lowest BCUT2D eigenvalue weighted by atomic mass is 9.95. The number of nitrogens with one attached hydrogen (secondary N) is 1. The number of ether oxygens (including phenoxy) is 2. The number of nitrogens with zero attached hydrogens (tertiary/aromatic N) is 4. The van der Waals surface area contributed by atoms with Crippen molar-refractivity contribution in [3.8, 4) is 11.5 Å². The third-order valence-corrected chi connectivity index (χ3v) is 6.99. The molecule has 3 aromatic rings. The van der Waals surface area contributed by atoms with Gasteiger partial charge in [0.1, 0.15) is 0 Å². The van der Waals surface area contributed by atoms with Crippen molar-refractivity contribution in [1.82, 2.24) is 25.5 Å². The molecule has 0 spiro atoms. The van der Waals surface area contributed by atoms with Gasteiger partial charge in [-0.1, -0.05) is 37.7 Å². The van der Waals surface area contributed by atoms with Crippen LogP contribution in [-0.2, 0) is 17.8 Å². The highest BCUT2D eigenvalue weighted by Crippen LogP contribution is 2.34. The van der Waals surface area contributed by atoms with Gasteiger partial charge in [-0.25, -0.2) is 4.68 Å². The molecule has 170 valence electrons. The molecule has 1 aromatic carbocycles. The molecule has 0 fully saturated rings. The van der Waals surface area contributed by atoms with Gasteiger partial charge in [0.25, 0.3) is 0 Å². The van der Waals surface area contributed by atoms with Gasteiger partial charge < -0.3 is 14.8 Å². The van der Waals surface area contributed by atoms with Gasteiger partial charge in [0, 0.05) is 17.7 Å². The number of fused-ring (bicyclic) bond motifs is 1. The minimum atomic E-state index is -0.130. The monoisotopic (exact) mass is 473 g/mol. The molecule has 0 saturated carbocycles.